The molecule has 4 rings (SSSR count). The molecule has 0 unspecified atom stereocenters. The molecule has 106 valence electrons. The Morgan fingerprint density at radius 3 is 2.32 bits per heavy atom. The molecule has 1 aromatic heterocycles. The van der Waals surface area contributed by atoms with Crippen LogP contribution in [0.2, 0.25) is 0 Å². The van der Waals surface area contributed by atoms with Gasteiger partial charge >= 0.3 is 0 Å². The molecular formula is C20H15NO. The molecule has 0 saturated heterocycles. The van der Waals surface area contributed by atoms with Gasteiger partial charge in [-0.05, 0) is 42.8 Å². The Morgan fingerprint density at radius 2 is 1.45 bits per heavy atom. The zero-order valence-electron chi connectivity index (χ0n) is 12.3. The van der Waals surface area contributed by atoms with E-state index < -0.39 is 0 Å². The van der Waals surface area contributed by atoms with Crippen molar-refractivity contribution in [3.05, 3.63) is 78.4 Å². The Kier molecular flexibility index (Phi) is 3.01. The standard InChI is InChI=1S/C20H15NO/c1-14-8-7-13-18-19(14)20(22-15-9-3-2-4-10-15)16-11-5-6-12-17(16)21-18/h2-13H,1H3. The molecule has 22 heavy (non-hydrogen) atoms. The zero-order valence-corrected chi connectivity index (χ0v) is 12.3. The molecule has 0 bridgehead atoms. The van der Waals surface area contributed by atoms with Crippen LogP contribution in [-0.2, 0) is 0 Å². The van der Waals surface area contributed by atoms with Gasteiger partial charge in [-0.2, -0.15) is 0 Å². The summed E-state index contributed by atoms with van der Waals surface area (Å²) < 4.78 is 6.25. The molecule has 2 nitrogen and oxygen atoms in total. The molecule has 2 heteroatoms. The summed E-state index contributed by atoms with van der Waals surface area (Å²) in [6, 6.07) is 24.2. The van der Waals surface area contributed by atoms with Gasteiger partial charge in [-0.15, -0.1) is 0 Å². The summed E-state index contributed by atoms with van der Waals surface area (Å²) in [7, 11) is 0. The molecular weight excluding hydrogens is 270 g/mol. The Bertz CT molecular complexity index is 961. The largest absolute Gasteiger partial charge is 0.456 e. The van der Waals surface area contributed by atoms with Crippen LogP contribution in [0.1, 0.15) is 5.56 Å². The maximum Gasteiger partial charge on any atom is 0.146 e. The summed E-state index contributed by atoms with van der Waals surface area (Å²) in [5.41, 5.74) is 3.08. The van der Waals surface area contributed by atoms with E-state index in [2.05, 4.69) is 19.1 Å². The van der Waals surface area contributed by atoms with Gasteiger partial charge in [-0.1, -0.05) is 42.5 Å². The maximum atomic E-state index is 6.25. The van der Waals surface area contributed by atoms with Crippen molar-refractivity contribution in [3.63, 3.8) is 0 Å². The van der Waals surface area contributed by atoms with Crippen LogP contribution >= 0.6 is 0 Å². The normalized spacial score (nSPS) is 11.0. The highest BCUT2D eigenvalue weighted by molar-refractivity contribution is 6.02. The van der Waals surface area contributed by atoms with Gasteiger partial charge < -0.3 is 4.74 Å². The molecule has 0 amide bonds. The van der Waals surface area contributed by atoms with Crippen molar-refractivity contribution in [2.24, 2.45) is 0 Å². The van der Waals surface area contributed by atoms with Gasteiger partial charge in [0.25, 0.3) is 0 Å². The van der Waals surface area contributed by atoms with Crippen molar-refractivity contribution < 1.29 is 4.74 Å². The summed E-state index contributed by atoms with van der Waals surface area (Å²) in [6.45, 7) is 2.09. The van der Waals surface area contributed by atoms with Crippen molar-refractivity contribution in [2.45, 2.75) is 6.92 Å². The summed E-state index contributed by atoms with van der Waals surface area (Å²) in [6.07, 6.45) is 0. The molecule has 0 atom stereocenters. The van der Waals surface area contributed by atoms with E-state index >= 15 is 0 Å². The van der Waals surface area contributed by atoms with Crippen molar-refractivity contribution in [2.75, 3.05) is 0 Å². The molecule has 0 aliphatic heterocycles. The Balaban J connectivity index is 2.07. The predicted molar refractivity (Wildman–Crippen MR) is 90.5 cm³/mol. The van der Waals surface area contributed by atoms with Crippen LogP contribution in [0.4, 0.5) is 0 Å². The highest BCUT2D eigenvalue weighted by atomic mass is 16.5. The number of pyridine rings is 1. The number of ether oxygens (including phenoxy) is 1. The maximum absolute atomic E-state index is 6.25. The van der Waals surface area contributed by atoms with Gasteiger partial charge in [-0.25, -0.2) is 4.98 Å². The van der Waals surface area contributed by atoms with Crippen molar-refractivity contribution in [1.82, 2.24) is 4.98 Å². The highest BCUT2D eigenvalue weighted by Crippen LogP contribution is 2.37. The summed E-state index contributed by atoms with van der Waals surface area (Å²) in [5.74, 6) is 1.72. The van der Waals surface area contributed by atoms with Gasteiger partial charge in [-0.3, -0.25) is 0 Å². The molecule has 0 fully saturated rings. The van der Waals surface area contributed by atoms with E-state index in [4.69, 9.17) is 9.72 Å². The van der Waals surface area contributed by atoms with Crippen molar-refractivity contribution in [3.8, 4) is 11.5 Å². The molecule has 0 radical (unpaired) electrons. The van der Waals surface area contributed by atoms with Crippen LogP contribution in [-0.4, -0.2) is 4.98 Å². The lowest BCUT2D eigenvalue weighted by Gasteiger charge is -2.13. The third-order valence-electron chi connectivity index (χ3n) is 3.83. The monoisotopic (exact) mass is 285 g/mol. The fourth-order valence-electron chi connectivity index (χ4n) is 2.78. The lowest BCUT2D eigenvalue weighted by Crippen LogP contribution is -1.92. The van der Waals surface area contributed by atoms with E-state index in [0.717, 1.165) is 33.3 Å². The summed E-state index contributed by atoms with van der Waals surface area (Å²) in [5, 5.41) is 2.11. The number of para-hydroxylation sites is 2. The number of benzene rings is 3. The smallest absolute Gasteiger partial charge is 0.146 e. The van der Waals surface area contributed by atoms with Gasteiger partial charge in [0.05, 0.1) is 11.0 Å². The van der Waals surface area contributed by atoms with Crippen LogP contribution < -0.4 is 4.74 Å². The second kappa shape index (κ2) is 5.15. The topological polar surface area (TPSA) is 22.1 Å². The molecule has 0 aliphatic carbocycles. The minimum absolute atomic E-state index is 0.836. The van der Waals surface area contributed by atoms with Crippen molar-refractivity contribution in [1.29, 1.82) is 0 Å². The van der Waals surface area contributed by atoms with E-state index in [-0.39, 0.29) is 0 Å². The number of aryl methyl sites for hydroxylation is 1. The van der Waals surface area contributed by atoms with E-state index in [0.29, 0.717) is 0 Å². The first-order valence-electron chi connectivity index (χ1n) is 7.34. The third kappa shape index (κ3) is 2.09. The van der Waals surface area contributed by atoms with Crippen LogP contribution in [0.3, 0.4) is 0 Å². The average molecular weight is 285 g/mol. The fourth-order valence-corrected chi connectivity index (χ4v) is 2.78. The first kappa shape index (κ1) is 12.8. The first-order valence-corrected chi connectivity index (χ1v) is 7.34. The van der Waals surface area contributed by atoms with E-state index in [9.17, 15) is 0 Å². The van der Waals surface area contributed by atoms with E-state index in [1.54, 1.807) is 0 Å². The first-order chi connectivity index (χ1) is 10.8. The number of hydrogen-bond donors (Lipinski definition) is 0. The zero-order chi connectivity index (χ0) is 14.9. The number of hydrogen-bond acceptors (Lipinski definition) is 2. The number of fused-ring (bicyclic) bond motifs is 2. The van der Waals surface area contributed by atoms with Gasteiger partial charge in [0.2, 0.25) is 0 Å². The van der Waals surface area contributed by atoms with Gasteiger partial charge in [0.1, 0.15) is 11.5 Å². The molecule has 1 heterocycles. The lowest BCUT2D eigenvalue weighted by molar-refractivity contribution is 0.493. The summed E-state index contributed by atoms with van der Waals surface area (Å²) >= 11 is 0. The molecule has 0 saturated carbocycles. The minimum atomic E-state index is 0.836. The molecule has 3 aromatic carbocycles. The lowest BCUT2D eigenvalue weighted by atomic mass is 10.0. The number of aromatic nitrogens is 1. The van der Waals surface area contributed by atoms with Crippen LogP contribution in [0.15, 0.2) is 72.8 Å². The second-order valence-electron chi connectivity index (χ2n) is 5.34. The molecule has 0 spiro atoms. The van der Waals surface area contributed by atoms with Crippen LogP contribution in [0.5, 0.6) is 11.5 Å². The van der Waals surface area contributed by atoms with Gasteiger partial charge in [0, 0.05) is 10.8 Å². The predicted octanol–water partition coefficient (Wildman–Crippen LogP) is 5.49. The van der Waals surface area contributed by atoms with Gasteiger partial charge in [0.15, 0.2) is 0 Å². The SMILES string of the molecule is Cc1cccc2nc3ccccc3c(Oc3ccccc3)c12. The highest BCUT2D eigenvalue weighted by Gasteiger charge is 2.12. The Morgan fingerprint density at radius 1 is 0.727 bits per heavy atom. The summed E-state index contributed by atoms with van der Waals surface area (Å²) in [4.78, 5) is 4.76. The van der Waals surface area contributed by atoms with E-state index in [1.165, 1.54) is 5.56 Å². The minimum Gasteiger partial charge on any atom is -0.456 e. The molecule has 4 aromatic rings. The Labute approximate surface area is 129 Å². The number of nitrogens with zero attached hydrogens (tertiary/aromatic N) is 1. The average Bonchev–Trinajstić information content (AvgIpc) is 2.56. The second-order valence-corrected chi connectivity index (χ2v) is 5.34. The molecule has 0 N–H and O–H groups in total. The van der Waals surface area contributed by atoms with Crippen LogP contribution in [0.25, 0.3) is 21.8 Å². The fraction of sp³-hybridized carbons (Fsp3) is 0.0500. The van der Waals surface area contributed by atoms with Crippen molar-refractivity contribution >= 4 is 21.8 Å². The molecule has 0 aliphatic rings. The van der Waals surface area contributed by atoms with E-state index in [1.807, 2.05) is 60.7 Å². The Hall–Kier alpha value is -2.87. The van der Waals surface area contributed by atoms with Crippen LogP contribution in [0, 0.1) is 6.92 Å². The third-order valence-corrected chi connectivity index (χ3v) is 3.83. The quantitative estimate of drug-likeness (QED) is 0.454. The number of rotatable bonds is 2.